The fourth-order valence-electron chi connectivity index (χ4n) is 6.35. The summed E-state index contributed by atoms with van der Waals surface area (Å²) in [6, 6.07) is 1.67. The molecule has 4 rings (SSSR count). The van der Waals surface area contributed by atoms with E-state index in [9.17, 15) is 19.5 Å². The molecule has 40 heavy (non-hydrogen) atoms. The van der Waals surface area contributed by atoms with Crippen molar-refractivity contribution < 1.29 is 24.2 Å². The van der Waals surface area contributed by atoms with Gasteiger partial charge < -0.3 is 20.1 Å². The molecule has 8 heteroatoms. The number of thiophene rings is 1. The van der Waals surface area contributed by atoms with Crippen LogP contribution in [0.15, 0.2) is 6.07 Å². The first kappa shape index (κ1) is 30.4. The van der Waals surface area contributed by atoms with Crippen LogP contribution in [0.5, 0.6) is 0 Å². The summed E-state index contributed by atoms with van der Waals surface area (Å²) in [7, 11) is 0. The number of hydrogen-bond acceptors (Lipinski definition) is 5. The second kappa shape index (κ2) is 12.5. The number of anilines is 1. The molecule has 2 N–H and O–H groups in total. The van der Waals surface area contributed by atoms with Gasteiger partial charge in [0.05, 0.1) is 10.6 Å². The Morgan fingerprint density at radius 1 is 1.05 bits per heavy atom. The summed E-state index contributed by atoms with van der Waals surface area (Å²) in [6.45, 7) is 10.3. The van der Waals surface area contributed by atoms with E-state index in [-0.39, 0.29) is 45.9 Å². The average molecular weight is 571 g/mol. The molecule has 0 unspecified atom stereocenters. The second-order valence-electron chi connectivity index (χ2n) is 13.5. The normalized spacial score (nSPS) is 26.3. The van der Waals surface area contributed by atoms with Crippen LogP contribution < -0.4 is 10.2 Å². The molecule has 0 aromatic carbocycles. The highest BCUT2D eigenvalue weighted by Gasteiger charge is 2.38. The van der Waals surface area contributed by atoms with Crippen LogP contribution in [0.3, 0.4) is 0 Å². The molecule has 3 aliphatic rings. The quantitative estimate of drug-likeness (QED) is 0.348. The minimum Gasteiger partial charge on any atom is -0.477 e. The second-order valence-corrected chi connectivity index (χ2v) is 14.5. The number of carboxylic acids is 1. The van der Waals surface area contributed by atoms with Crippen LogP contribution >= 0.6 is 11.3 Å². The van der Waals surface area contributed by atoms with Crippen molar-refractivity contribution in [2.24, 2.45) is 17.3 Å². The van der Waals surface area contributed by atoms with Crippen molar-refractivity contribution in [2.45, 2.75) is 129 Å². The Balaban J connectivity index is 1.53. The van der Waals surface area contributed by atoms with E-state index in [4.69, 9.17) is 4.74 Å². The van der Waals surface area contributed by atoms with Crippen LogP contribution in [0, 0.1) is 29.1 Å². The van der Waals surface area contributed by atoms with Gasteiger partial charge in [-0.15, -0.1) is 11.3 Å². The summed E-state index contributed by atoms with van der Waals surface area (Å²) in [5, 5.41) is 13.2. The summed E-state index contributed by atoms with van der Waals surface area (Å²) in [4.78, 5) is 41.7. The van der Waals surface area contributed by atoms with Crippen molar-refractivity contribution in [3.05, 3.63) is 15.8 Å². The Hall–Kier alpha value is -2.53. The molecule has 3 fully saturated rings. The first-order valence-corrected chi connectivity index (χ1v) is 15.9. The highest BCUT2D eigenvalue weighted by molar-refractivity contribution is 7.15. The van der Waals surface area contributed by atoms with Crippen LogP contribution in [0.1, 0.15) is 126 Å². The van der Waals surface area contributed by atoms with Crippen LogP contribution in [0.2, 0.25) is 0 Å². The van der Waals surface area contributed by atoms with E-state index in [0.29, 0.717) is 42.2 Å². The van der Waals surface area contributed by atoms with Gasteiger partial charge in [-0.05, 0) is 117 Å². The van der Waals surface area contributed by atoms with Crippen molar-refractivity contribution in [1.29, 1.82) is 0 Å². The minimum atomic E-state index is -1.03. The lowest BCUT2D eigenvalue weighted by Gasteiger charge is -2.39. The third kappa shape index (κ3) is 7.81. The molecule has 3 aliphatic carbocycles. The van der Waals surface area contributed by atoms with Gasteiger partial charge in [0.2, 0.25) is 5.91 Å². The Labute approximate surface area is 243 Å². The maximum atomic E-state index is 14.1. The maximum absolute atomic E-state index is 14.1. The fraction of sp³-hybridized carbons (Fsp3) is 0.719. The molecule has 0 saturated heterocycles. The van der Waals surface area contributed by atoms with Gasteiger partial charge in [0.15, 0.2) is 0 Å². The third-order valence-corrected chi connectivity index (χ3v) is 9.74. The van der Waals surface area contributed by atoms with Gasteiger partial charge in [-0.2, -0.15) is 0 Å². The molecule has 1 aromatic rings. The smallest absolute Gasteiger partial charge is 0.407 e. The van der Waals surface area contributed by atoms with E-state index in [1.54, 1.807) is 11.0 Å². The molecule has 3 saturated carbocycles. The largest absolute Gasteiger partial charge is 0.477 e. The lowest BCUT2D eigenvalue weighted by Crippen LogP contribution is -2.49. The van der Waals surface area contributed by atoms with Crippen molar-refractivity contribution in [3.63, 3.8) is 0 Å². The third-order valence-electron chi connectivity index (χ3n) is 8.71. The molecular formula is C32H46N2O5S. The summed E-state index contributed by atoms with van der Waals surface area (Å²) < 4.78 is 5.77. The fourth-order valence-corrected chi connectivity index (χ4v) is 7.19. The number of amides is 2. The number of hydrogen-bond donors (Lipinski definition) is 2. The molecule has 220 valence electrons. The van der Waals surface area contributed by atoms with Gasteiger partial charge in [-0.3, -0.25) is 4.79 Å². The predicted molar refractivity (Wildman–Crippen MR) is 159 cm³/mol. The Morgan fingerprint density at radius 3 is 2.25 bits per heavy atom. The zero-order valence-electron chi connectivity index (χ0n) is 24.8. The lowest BCUT2D eigenvalue weighted by molar-refractivity contribution is -0.124. The zero-order valence-corrected chi connectivity index (χ0v) is 25.6. The number of rotatable bonds is 6. The van der Waals surface area contributed by atoms with Gasteiger partial charge >= 0.3 is 12.1 Å². The maximum Gasteiger partial charge on any atom is 0.407 e. The number of carboxylic acid groups (broad SMARTS) is 1. The first-order chi connectivity index (χ1) is 18.8. The number of carbonyl (C=O) groups is 3. The SMILES string of the molecule is CC(C)(C)C#Cc1cc(N(C(=O)[C@H]2CC[C@H](C)CC2)[C@H]2CC[C@H](NC(=O)OC3(C)CCCC3)CC2)c(C(=O)O)s1. The summed E-state index contributed by atoms with van der Waals surface area (Å²) in [5.74, 6) is 5.87. The summed E-state index contributed by atoms with van der Waals surface area (Å²) in [6.07, 6.45) is 10.1. The predicted octanol–water partition coefficient (Wildman–Crippen LogP) is 7.37. The molecule has 0 bridgehead atoms. The van der Waals surface area contributed by atoms with Crippen molar-refractivity contribution in [2.75, 3.05) is 4.90 Å². The molecule has 1 heterocycles. The molecule has 2 amide bonds. The Bertz CT molecular complexity index is 1130. The van der Waals surface area contributed by atoms with E-state index >= 15 is 0 Å². The van der Waals surface area contributed by atoms with Crippen LogP contribution in [-0.2, 0) is 9.53 Å². The van der Waals surface area contributed by atoms with Crippen LogP contribution in [-0.4, -0.2) is 40.8 Å². The van der Waals surface area contributed by atoms with E-state index in [0.717, 1.165) is 62.7 Å². The zero-order chi connectivity index (χ0) is 29.1. The topological polar surface area (TPSA) is 95.9 Å². The van der Waals surface area contributed by atoms with E-state index in [1.165, 1.54) is 0 Å². The van der Waals surface area contributed by atoms with Crippen LogP contribution in [0.25, 0.3) is 0 Å². The highest BCUT2D eigenvalue weighted by Crippen LogP contribution is 2.39. The monoisotopic (exact) mass is 570 g/mol. The van der Waals surface area contributed by atoms with E-state index in [1.807, 2.05) is 27.7 Å². The number of aromatic carboxylic acids is 1. The lowest BCUT2D eigenvalue weighted by atomic mass is 9.81. The average Bonchev–Trinajstić information content (AvgIpc) is 3.50. The summed E-state index contributed by atoms with van der Waals surface area (Å²) >= 11 is 1.15. The minimum absolute atomic E-state index is 0.0177. The van der Waals surface area contributed by atoms with Crippen molar-refractivity contribution in [3.8, 4) is 11.8 Å². The van der Waals surface area contributed by atoms with E-state index in [2.05, 4.69) is 24.1 Å². The molecule has 0 atom stereocenters. The number of nitrogens with one attached hydrogen (secondary N) is 1. The number of carbonyl (C=O) groups excluding carboxylic acids is 2. The van der Waals surface area contributed by atoms with E-state index < -0.39 is 5.97 Å². The first-order valence-electron chi connectivity index (χ1n) is 15.1. The van der Waals surface area contributed by atoms with Crippen molar-refractivity contribution in [1.82, 2.24) is 5.32 Å². The van der Waals surface area contributed by atoms with Gasteiger partial charge in [0.1, 0.15) is 10.5 Å². The van der Waals surface area contributed by atoms with Gasteiger partial charge in [-0.1, -0.05) is 18.8 Å². The molecule has 0 aliphatic heterocycles. The van der Waals surface area contributed by atoms with Gasteiger partial charge in [0.25, 0.3) is 0 Å². The van der Waals surface area contributed by atoms with Crippen LogP contribution in [0.4, 0.5) is 10.5 Å². The summed E-state index contributed by atoms with van der Waals surface area (Å²) in [5.41, 5.74) is -0.116. The number of ether oxygens (including phenoxy) is 1. The molecular weight excluding hydrogens is 524 g/mol. The van der Waals surface area contributed by atoms with Gasteiger partial charge in [0, 0.05) is 23.4 Å². The Morgan fingerprint density at radius 2 is 1.68 bits per heavy atom. The van der Waals surface area contributed by atoms with Crippen molar-refractivity contribution >= 4 is 35.0 Å². The number of alkyl carbamates (subject to hydrolysis) is 1. The highest BCUT2D eigenvalue weighted by atomic mass is 32.1. The molecule has 1 aromatic heterocycles. The van der Waals surface area contributed by atoms with Gasteiger partial charge in [-0.25, -0.2) is 9.59 Å². The molecule has 0 radical (unpaired) electrons. The molecule has 7 nitrogen and oxygen atoms in total. The number of nitrogens with zero attached hydrogens (tertiary/aromatic N) is 1. The standard InChI is InChI=1S/C32H46N2O5S/c1-21-8-10-22(11-9-21)28(35)34(26-20-25(16-19-31(2,3)4)40-27(26)29(36)37)24-14-12-23(13-15-24)33-30(38)39-32(5)17-6-7-18-32/h20-24H,6-15,17-18H2,1-5H3,(H,33,38)(H,36,37)/t21-,22-,23-,24-. The molecule has 0 spiro atoms. The Kier molecular flexibility index (Phi) is 9.55.